The van der Waals surface area contributed by atoms with Crippen molar-refractivity contribution < 1.29 is 31.7 Å². The van der Waals surface area contributed by atoms with Gasteiger partial charge in [-0.2, -0.15) is 8.42 Å². The lowest BCUT2D eigenvalue weighted by molar-refractivity contribution is 0.0356. The van der Waals surface area contributed by atoms with Gasteiger partial charge in [0.15, 0.2) is 0 Å². The van der Waals surface area contributed by atoms with E-state index in [0.29, 0.717) is 12.0 Å². The maximum Gasteiger partial charge on any atom is 0.437 e. The summed E-state index contributed by atoms with van der Waals surface area (Å²) in [5, 5.41) is 0. The van der Waals surface area contributed by atoms with Crippen molar-refractivity contribution >= 4 is 28.3 Å². The molecular weight excluding hydrogens is 510 g/mol. The molecule has 0 unspecified atom stereocenters. The molecule has 2 aromatic carbocycles. The molecule has 2 N–H and O–H groups in total. The van der Waals surface area contributed by atoms with Gasteiger partial charge < -0.3 is 15.2 Å². The van der Waals surface area contributed by atoms with Gasteiger partial charge in [0, 0.05) is 0 Å². The van der Waals surface area contributed by atoms with Crippen LogP contribution in [-0.2, 0) is 36.7 Å². The van der Waals surface area contributed by atoms with Gasteiger partial charge in [-0.15, -0.1) is 4.99 Å². The lowest BCUT2D eigenvalue weighted by Gasteiger charge is -2.27. The van der Waals surface area contributed by atoms with E-state index >= 15 is 0 Å². The van der Waals surface area contributed by atoms with Crippen LogP contribution in [0.1, 0.15) is 58.2 Å². The predicted molar refractivity (Wildman–Crippen MR) is 144 cm³/mol. The number of carbonyl (C=O) groups excluding carboxylic acids is 2. The number of guanidine groups is 1. The molecule has 10 nitrogen and oxygen atoms in total. The number of ether oxygens (including phenoxy) is 2. The third kappa shape index (κ3) is 10.5. The van der Waals surface area contributed by atoms with Gasteiger partial charge in [0.25, 0.3) is 10.1 Å². The number of benzene rings is 2. The molecule has 0 atom stereocenters. The maximum absolute atomic E-state index is 12.8. The number of aliphatic imine (C=N–C) groups is 1. The second kappa shape index (κ2) is 12.4. The summed E-state index contributed by atoms with van der Waals surface area (Å²) in [7, 11) is -3.85. The molecule has 2 amide bonds. The molecular formula is C27H37N3O7S. The molecule has 0 heterocycles. The smallest absolute Gasteiger partial charge is 0.437 e. The molecule has 0 aliphatic heterocycles. The fourth-order valence-electron chi connectivity index (χ4n) is 3.03. The van der Waals surface area contributed by atoms with Crippen LogP contribution in [0, 0.1) is 6.92 Å². The minimum Gasteiger partial charge on any atom is -0.443 e. The third-order valence-corrected chi connectivity index (χ3v) is 6.12. The Bertz CT molecular complexity index is 1240. The van der Waals surface area contributed by atoms with Crippen molar-refractivity contribution in [2.24, 2.45) is 10.7 Å². The van der Waals surface area contributed by atoms with E-state index in [4.69, 9.17) is 19.4 Å². The fourth-order valence-corrected chi connectivity index (χ4v) is 3.94. The molecule has 38 heavy (non-hydrogen) atoms. The topological polar surface area (TPSA) is 138 Å². The molecule has 0 aliphatic rings. The first-order valence-corrected chi connectivity index (χ1v) is 13.5. The van der Waals surface area contributed by atoms with Crippen LogP contribution in [-0.4, -0.2) is 49.3 Å². The van der Waals surface area contributed by atoms with E-state index in [0.717, 1.165) is 16.0 Å². The van der Waals surface area contributed by atoms with Crippen molar-refractivity contribution in [3.63, 3.8) is 0 Å². The first kappa shape index (κ1) is 30.8. The van der Waals surface area contributed by atoms with Crippen LogP contribution in [0.25, 0.3) is 0 Å². The quantitative estimate of drug-likeness (QED) is 0.293. The minimum atomic E-state index is -3.85. The number of rotatable bonds is 7. The average Bonchev–Trinajstić information content (AvgIpc) is 2.76. The molecule has 208 valence electrons. The Labute approximate surface area is 224 Å². The minimum absolute atomic E-state index is 0.0222. The van der Waals surface area contributed by atoms with E-state index in [2.05, 4.69) is 4.99 Å². The van der Waals surface area contributed by atoms with E-state index in [1.165, 1.54) is 12.1 Å². The highest BCUT2D eigenvalue weighted by Crippen LogP contribution is 2.16. The second-order valence-corrected chi connectivity index (χ2v) is 12.3. The zero-order chi connectivity index (χ0) is 28.7. The molecule has 2 aromatic rings. The SMILES string of the molecule is Cc1ccc(S(=O)(=O)OCCc2ccc(CN(C(=O)OC(C)(C)C)C(N)=NC(=O)OC(C)(C)C)cc2)cc1. The zero-order valence-corrected chi connectivity index (χ0v) is 23.8. The summed E-state index contributed by atoms with van der Waals surface area (Å²) >= 11 is 0. The predicted octanol–water partition coefficient (Wildman–Crippen LogP) is 4.93. The van der Waals surface area contributed by atoms with Gasteiger partial charge in [-0.3, -0.25) is 4.18 Å². The Morgan fingerprint density at radius 3 is 1.92 bits per heavy atom. The zero-order valence-electron chi connectivity index (χ0n) is 23.0. The summed E-state index contributed by atoms with van der Waals surface area (Å²) < 4.78 is 40.5. The molecule has 0 fully saturated rings. The van der Waals surface area contributed by atoms with E-state index in [1.807, 2.05) is 6.92 Å². The van der Waals surface area contributed by atoms with Crippen molar-refractivity contribution in [3.05, 3.63) is 65.2 Å². The summed E-state index contributed by atoms with van der Waals surface area (Å²) in [5.74, 6) is -0.368. The lowest BCUT2D eigenvalue weighted by atomic mass is 10.1. The highest BCUT2D eigenvalue weighted by atomic mass is 32.2. The van der Waals surface area contributed by atoms with Gasteiger partial charge >= 0.3 is 12.2 Å². The molecule has 0 saturated heterocycles. The summed E-state index contributed by atoms with van der Waals surface area (Å²) in [5.41, 5.74) is 6.87. The van der Waals surface area contributed by atoms with E-state index < -0.39 is 33.5 Å². The van der Waals surface area contributed by atoms with Crippen molar-refractivity contribution in [3.8, 4) is 0 Å². The average molecular weight is 548 g/mol. The number of hydrogen-bond donors (Lipinski definition) is 1. The normalized spacial score (nSPS) is 12.7. The molecule has 0 radical (unpaired) electrons. The molecule has 0 aromatic heterocycles. The van der Waals surface area contributed by atoms with Crippen molar-refractivity contribution in [1.29, 1.82) is 0 Å². The van der Waals surface area contributed by atoms with Gasteiger partial charge in [-0.1, -0.05) is 42.0 Å². The number of amides is 2. The van der Waals surface area contributed by atoms with Crippen LogP contribution in [0.15, 0.2) is 58.4 Å². The van der Waals surface area contributed by atoms with Crippen LogP contribution in [0.2, 0.25) is 0 Å². The number of hydrogen-bond acceptors (Lipinski definition) is 7. The standard InChI is InChI=1S/C27H37N3O7S/c1-19-8-14-22(15-9-19)38(33,34)35-17-16-20-10-12-21(13-11-20)18-30(25(32)37-27(5,6)7)23(28)29-24(31)36-26(2,3)4/h8-15H,16-18H2,1-7H3,(H2,28,29,31). The maximum atomic E-state index is 12.8. The van der Waals surface area contributed by atoms with Gasteiger partial charge in [0.2, 0.25) is 5.96 Å². The largest absolute Gasteiger partial charge is 0.443 e. The van der Waals surface area contributed by atoms with Gasteiger partial charge in [0.05, 0.1) is 18.0 Å². The summed E-state index contributed by atoms with van der Waals surface area (Å²) in [6.45, 7) is 12.0. The Kier molecular flexibility index (Phi) is 10.0. The lowest BCUT2D eigenvalue weighted by Crippen LogP contribution is -2.44. The summed E-state index contributed by atoms with van der Waals surface area (Å²) in [6, 6.07) is 13.5. The van der Waals surface area contributed by atoms with Crippen LogP contribution in [0.5, 0.6) is 0 Å². The molecule has 2 rings (SSSR count). The van der Waals surface area contributed by atoms with Crippen LogP contribution < -0.4 is 5.73 Å². The molecule has 0 aliphatic carbocycles. The number of carbonyl (C=O) groups is 2. The van der Waals surface area contributed by atoms with Crippen LogP contribution in [0.3, 0.4) is 0 Å². The Balaban J connectivity index is 2.09. The third-order valence-electron chi connectivity index (χ3n) is 4.79. The van der Waals surface area contributed by atoms with Gasteiger partial charge in [0.1, 0.15) is 11.2 Å². The van der Waals surface area contributed by atoms with E-state index in [-0.39, 0.29) is 24.0 Å². The summed E-state index contributed by atoms with van der Waals surface area (Å²) in [4.78, 5) is 29.8. The molecule has 0 bridgehead atoms. The van der Waals surface area contributed by atoms with Crippen molar-refractivity contribution in [2.45, 2.75) is 77.5 Å². The fraction of sp³-hybridized carbons (Fsp3) is 0.444. The number of nitrogens with two attached hydrogens (primary N) is 1. The first-order chi connectivity index (χ1) is 17.4. The second-order valence-electron chi connectivity index (χ2n) is 10.7. The monoisotopic (exact) mass is 547 g/mol. The Hall–Kier alpha value is -3.44. The highest BCUT2D eigenvalue weighted by Gasteiger charge is 2.26. The van der Waals surface area contributed by atoms with E-state index in [9.17, 15) is 18.0 Å². The summed E-state index contributed by atoms with van der Waals surface area (Å²) in [6.07, 6.45) is -1.36. The van der Waals surface area contributed by atoms with Crippen molar-refractivity contribution in [1.82, 2.24) is 4.90 Å². The molecule has 0 spiro atoms. The number of aryl methyl sites for hydroxylation is 1. The van der Waals surface area contributed by atoms with Crippen LogP contribution >= 0.6 is 0 Å². The van der Waals surface area contributed by atoms with Gasteiger partial charge in [-0.05, 0) is 78.1 Å². The molecule has 0 saturated carbocycles. The van der Waals surface area contributed by atoms with Crippen LogP contribution in [0.4, 0.5) is 9.59 Å². The molecule has 11 heteroatoms. The number of nitrogens with zero attached hydrogens (tertiary/aromatic N) is 2. The van der Waals surface area contributed by atoms with Gasteiger partial charge in [-0.25, -0.2) is 14.5 Å². The first-order valence-electron chi connectivity index (χ1n) is 12.1. The highest BCUT2D eigenvalue weighted by molar-refractivity contribution is 7.86. The Morgan fingerprint density at radius 2 is 1.39 bits per heavy atom. The Morgan fingerprint density at radius 1 is 0.868 bits per heavy atom. The van der Waals surface area contributed by atoms with Crippen molar-refractivity contribution in [2.75, 3.05) is 6.61 Å². The van der Waals surface area contributed by atoms with E-state index in [1.54, 1.807) is 77.9 Å².